The molecule has 3 aromatic carbocycles. The second-order valence-electron chi connectivity index (χ2n) is 12.1. The monoisotopic (exact) mass is 801 g/mol. The van der Waals surface area contributed by atoms with Crippen LogP contribution in [0.25, 0.3) is 55.7 Å². The summed E-state index contributed by atoms with van der Waals surface area (Å²) < 4.78 is 28.3. The van der Waals surface area contributed by atoms with Crippen molar-refractivity contribution >= 4 is 35.3 Å². The van der Waals surface area contributed by atoms with Crippen molar-refractivity contribution < 1.29 is 30.3 Å². The number of hydrogen-bond donors (Lipinski definition) is 0. The van der Waals surface area contributed by atoms with Crippen molar-refractivity contribution in [3.8, 4) is 33.6 Å². The minimum atomic E-state index is -1.46. The molecule has 0 saturated carbocycles. The van der Waals surface area contributed by atoms with Crippen LogP contribution in [-0.2, 0) is 20.1 Å². The van der Waals surface area contributed by atoms with E-state index >= 15 is 0 Å². The normalized spacial score (nSPS) is 11.8. The Kier molecular flexibility index (Phi) is 9.64. The molecule has 7 rings (SSSR count). The number of aromatic nitrogens is 3. The van der Waals surface area contributed by atoms with Crippen molar-refractivity contribution in [1.29, 1.82) is 0 Å². The fourth-order valence-electron chi connectivity index (χ4n) is 5.30. The number of fused-ring (bicyclic) bond motifs is 3. The minimum Gasteiger partial charge on any atom is -0.486 e. The van der Waals surface area contributed by atoms with Gasteiger partial charge < -0.3 is 14.4 Å². The molecule has 0 atom stereocenters. The Morgan fingerprint density at radius 3 is 2.35 bits per heavy atom. The number of rotatable bonds is 5. The van der Waals surface area contributed by atoms with Gasteiger partial charge in [0.2, 0.25) is 5.71 Å². The second-order valence-corrected chi connectivity index (χ2v) is 17.1. The van der Waals surface area contributed by atoms with E-state index in [2.05, 4.69) is 90.4 Å². The van der Waals surface area contributed by atoms with Gasteiger partial charge >= 0.3 is 0 Å². The first-order chi connectivity index (χ1) is 22.0. The molecule has 233 valence electrons. The van der Waals surface area contributed by atoms with Gasteiger partial charge in [0.05, 0.1) is 13.7 Å². The Hall–Kier alpha value is -4.29. The van der Waals surface area contributed by atoms with Gasteiger partial charge in [-0.2, -0.15) is 0 Å². The van der Waals surface area contributed by atoms with Gasteiger partial charge in [-0.1, -0.05) is 87.1 Å². The maximum absolute atomic E-state index is 14.3. The summed E-state index contributed by atoms with van der Waals surface area (Å²) in [7, 11) is -1.46. The number of benzene rings is 3. The predicted octanol–water partition coefficient (Wildman–Crippen LogP) is 9.86. The summed E-state index contributed by atoms with van der Waals surface area (Å²) in [5, 5.41) is 2.40. The van der Waals surface area contributed by atoms with E-state index in [1.165, 1.54) is 22.4 Å². The molecular formula is C39H34FIrN3OSi-2. The predicted molar refractivity (Wildman–Crippen MR) is 185 cm³/mol. The summed E-state index contributed by atoms with van der Waals surface area (Å²) in [6.45, 7) is 10.7. The van der Waals surface area contributed by atoms with E-state index in [0.717, 1.165) is 16.8 Å². The first-order valence-electron chi connectivity index (χ1n) is 15.4. The van der Waals surface area contributed by atoms with Crippen molar-refractivity contribution in [3.05, 3.63) is 133 Å². The van der Waals surface area contributed by atoms with Crippen LogP contribution in [0.3, 0.4) is 0 Å². The molecule has 0 N–H and O–H groups in total. The number of nitrogens with zero attached hydrogens (tertiary/aromatic N) is 3. The van der Waals surface area contributed by atoms with Crippen LogP contribution >= 0.6 is 0 Å². The molecule has 0 fully saturated rings. The third-order valence-electron chi connectivity index (χ3n) is 7.65. The van der Waals surface area contributed by atoms with E-state index in [9.17, 15) is 4.39 Å². The van der Waals surface area contributed by atoms with Gasteiger partial charge in [-0.25, -0.2) is 4.98 Å². The third kappa shape index (κ3) is 6.92. The van der Waals surface area contributed by atoms with Gasteiger partial charge in [0, 0.05) is 51.3 Å². The van der Waals surface area contributed by atoms with Crippen LogP contribution in [-0.4, -0.2) is 23.0 Å². The molecule has 7 heteroatoms. The number of furan rings is 1. The van der Waals surface area contributed by atoms with Gasteiger partial charge in [-0.05, 0) is 57.2 Å². The second kappa shape index (κ2) is 14.0. The molecule has 46 heavy (non-hydrogen) atoms. The van der Waals surface area contributed by atoms with Crippen molar-refractivity contribution in [2.75, 3.05) is 0 Å². The van der Waals surface area contributed by atoms with Gasteiger partial charge in [0.1, 0.15) is 0 Å². The van der Waals surface area contributed by atoms with Gasteiger partial charge in [0.15, 0.2) is 0 Å². The van der Waals surface area contributed by atoms with Crippen LogP contribution in [0, 0.1) is 17.9 Å². The average Bonchev–Trinajstić information content (AvgIpc) is 3.46. The maximum atomic E-state index is 14.3. The standard InChI is InChI=1S/C20H20NSi.C19H14FN2O.Ir/c1-22(2,3)20-15-21-19(17-12-8-5-9-13-17)14-18(20)16-10-6-4-7-11-16;1-11(2)12-7-9-21-16(10-12)13-5-6-15(20)17-14-4-3-8-22-19(14)23-18(13)17;/h4-12,14-15H,1-3H3;3-4,6-11H,1-2H3;/q2*-1;/i;11D;. The molecule has 0 aliphatic rings. The molecule has 4 nitrogen and oxygen atoms in total. The SMILES string of the molecule is C[Si](C)(C)c1cnc(-c2[c-]cccc2)cc1-c1ccccc1.[2H]C(C)(C)c1ccnc(-c2[c-]cc(F)c3c2oc2ncccc23)c1.[Ir]. The van der Waals surface area contributed by atoms with E-state index in [4.69, 9.17) is 10.8 Å². The number of hydrogen-bond acceptors (Lipinski definition) is 4. The quantitative estimate of drug-likeness (QED) is 0.129. The Morgan fingerprint density at radius 2 is 1.63 bits per heavy atom. The maximum Gasteiger partial charge on any atom is 0.216 e. The Labute approximate surface area is 285 Å². The van der Waals surface area contributed by atoms with E-state index in [1.807, 2.05) is 24.3 Å². The Balaban J connectivity index is 0.000000181. The minimum absolute atomic E-state index is 0. The van der Waals surface area contributed by atoms with Gasteiger partial charge in [-0.15, -0.1) is 48.0 Å². The fourth-order valence-corrected chi connectivity index (χ4v) is 6.77. The van der Waals surface area contributed by atoms with E-state index < -0.39 is 19.8 Å². The molecule has 0 aliphatic carbocycles. The molecule has 4 aromatic heterocycles. The molecule has 7 aromatic rings. The smallest absolute Gasteiger partial charge is 0.216 e. The van der Waals surface area contributed by atoms with Gasteiger partial charge in [-0.3, -0.25) is 4.39 Å². The largest absolute Gasteiger partial charge is 0.486 e. The van der Waals surface area contributed by atoms with E-state index in [1.54, 1.807) is 44.4 Å². The zero-order valence-electron chi connectivity index (χ0n) is 27.4. The van der Waals surface area contributed by atoms with Crippen LogP contribution in [0.4, 0.5) is 4.39 Å². The first kappa shape index (κ1) is 31.7. The Morgan fingerprint density at radius 1 is 0.848 bits per heavy atom. The van der Waals surface area contributed by atoms with Crippen LogP contribution in [0.1, 0.15) is 26.7 Å². The summed E-state index contributed by atoms with van der Waals surface area (Å²) in [4.78, 5) is 13.2. The van der Waals surface area contributed by atoms with Crippen LogP contribution in [0.2, 0.25) is 19.6 Å². The summed E-state index contributed by atoms with van der Waals surface area (Å²) in [6, 6.07) is 35.5. The molecule has 0 aliphatic heterocycles. The first-order valence-corrected chi connectivity index (χ1v) is 18.4. The Bertz CT molecular complexity index is 2140. The number of halogens is 1. The summed E-state index contributed by atoms with van der Waals surface area (Å²) in [5.74, 6) is -1.16. The third-order valence-corrected chi connectivity index (χ3v) is 9.67. The molecule has 0 amide bonds. The molecular weight excluding hydrogens is 766 g/mol. The summed E-state index contributed by atoms with van der Waals surface area (Å²) in [6.07, 6.45) is 5.32. The molecule has 0 bridgehead atoms. The molecule has 0 spiro atoms. The van der Waals surface area contributed by atoms with E-state index in [0.29, 0.717) is 33.3 Å². The topological polar surface area (TPSA) is 51.8 Å². The van der Waals surface area contributed by atoms with Gasteiger partial charge in [0.25, 0.3) is 0 Å². The summed E-state index contributed by atoms with van der Waals surface area (Å²) >= 11 is 0. The molecule has 4 heterocycles. The summed E-state index contributed by atoms with van der Waals surface area (Å²) in [5.41, 5.74) is 7.32. The van der Waals surface area contributed by atoms with Crippen molar-refractivity contribution in [2.24, 2.45) is 0 Å². The fraction of sp³-hybridized carbons (Fsp3) is 0.154. The van der Waals surface area contributed by atoms with Crippen LogP contribution in [0.15, 0.2) is 114 Å². The van der Waals surface area contributed by atoms with Crippen molar-refractivity contribution in [1.82, 2.24) is 15.0 Å². The molecule has 1 radical (unpaired) electrons. The molecule has 0 unspecified atom stereocenters. The zero-order valence-corrected chi connectivity index (χ0v) is 29.7. The molecule has 0 saturated heterocycles. The van der Waals surface area contributed by atoms with E-state index in [-0.39, 0.29) is 20.1 Å². The average molecular weight is 801 g/mol. The number of pyridine rings is 3. The van der Waals surface area contributed by atoms with Crippen LogP contribution < -0.4 is 5.19 Å². The van der Waals surface area contributed by atoms with Crippen molar-refractivity contribution in [2.45, 2.75) is 39.4 Å². The van der Waals surface area contributed by atoms with Crippen molar-refractivity contribution in [3.63, 3.8) is 0 Å². The zero-order chi connectivity index (χ0) is 32.5. The van der Waals surface area contributed by atoms with Crippen LogP contribution in [0.5, 0.6) is 0 Å².